The number of carbonyl (C=O) groups excluding carboxylic acids is 1. The molecule has 0 aliphatic carbocycles. The molecule has 2 heterocycles. The van der Waals surface area contributed by atoms with Crippen molar-refractivity contribution in [2.24, 2.45) is 0 Å². The monoisotopic (exact) mass is 443 g/mol. The Morgan fingerprint density at radius 3 is 2.71 bits per heavy atom. The normalized spacial score (nSPS) is 13.7. The molecule has 1 aliphatic heterocycles. The predicted octanol–water partition coefficient (Wildman–Crippen LogP) is 2.36. The van der Waals surface area contributed by atoms with Crippen molar-refractivity contribution in [1.29, 1.82) is 0 Å². The molecule has 0 saturated heterocycles. The van der Waals surface area contributed by atoms with Crippen LogP contribution in [0.3, 0.4) is 0 Å². The molecule has 0 radical (unpaired) electrons. The summed E-state index contributed by atoms with van der Waals surface area (Å²) in [4.78, 5) is 15.4. The van der Waals surface area contributed by atoms with Crippen LogP contribution in [0.5, 0.6) is 11.5 Å². The Hall–Kier alpha value is -3.04. The minimum atomic E-state index is -3.75. The first-order valence-electron chi connectivity index (χ1n) is 10.2. The molecule has 3 aromatic rings. The maximum absolute atomic E-state index is 12.5. The van der Waals surface area contributed by atoms with Crippen LogP contribution in [-0.2, 0) is 21.2 Å². The number of aromatic nitrogens is 1. The number of sulfonamides is 1. The standard InChI is InChI=1S/C22H25N3O5S/c26-22(23-10-8-16-15-24-19-5-2-1-4-18(16)19)9-11-25-31(27,28)17-6-7-20-21(14-17)30-13-3-12-29-20/h1-2,4-7,14-15,24-25H,3,8-13H2,(H,23,26). The number of ether oxygens (including phenoxy) is 2. The third-order valence-corrected chi connectivity index (χ3v) is 6.52. The lowest BCUT2D eigenvalue weighted by Gasteiger charge is -2.11. The van der Waals surface area contributed by atoms with Crippen LogP contribution >= 0.6 is 0 Å². The van der Waals surface area contributed by atoms with Gasteiger partial charge in [-0.25, -0.2) is 13.1 Å². The molecule has 3 N–H and O–H groups in total. The molecule has 31 heavy (non-hydrogen) atoms. The van der Waals surface area contributed by atoms with Crippen molar-refractivity contribution in [3.63, 3.8) is 0 Å². The van der Waals surface area contributed by atoms with Crippen LogP contribution in [0.4, 0.5) is 0 Å². The lowest BCUT2D eigenvalue weighted by molar-refractivity contribution is -0.120. The number of hydrogen-bond acceptors (Lipinski definition) is 5. The van der Waals surface area contributed by atoms with Gasteiger partial charge in [0.05, 0.1) is 18.1 Å². The zero-order valence-corrected chi connectivity index (χ0v) is 17.8. The average molecular weight is 444 g/mol. The third-order valence-electron chi connectivity index (χ3n) is 5.06. The fourth-order valence-electron chi connectivity index (χ4n) is 3.46. The minimum absolute atomic E-state index is 0.00962. The van der Waals surface area contributed by atoms with Gasteiger partial charge in [-0.3, -0.25) is 4.79 Å². The highest BCUT2D eigenvalue weighted by molar-refractivity contribution is 7.89. The molecule has 4 rings (SSSR count). The molecule has 164 valence electrons. The number of hydrogen-bond donors (Lipinski definition) is 3. The summed E-state index contributed by atoms with van der Waals surface area (Å²) in [5, 5.41) is 3.97. The maximum atomic E-state index is 12.5. The molecule has 0 atom stereocenters. The molecule has 8 nitrogen and oxygen atoms in total. The highest BCUT2D eigenvalue weighted by Gasteiger charge is 2.19. The lowest BCUT2D eigenvalue weighted by atomic mass is 10.1. The van der Waals surface area contributed by atoms with Crippen LogP contribution in [0.1, 0.15) is 18.4 Å². The Labute approximate surface area is 181 Å². The molecular weight excluding hydrogens is 418 g/mol. The molecule has 0 bridgehead atoms. The molecule has 9 heteroatoms. The number of para-hydroxylation sites is 1. The number of rotatable bonds is 8. The molecular formula is C22H25N3O5S. The van der Waals surface area contributed by atoms with E-state index in [4.69, 9.17) is 9.47 Å². The van der Waals surface area contributed by atoms with Crippen molar-refractivity contribution in [3.8, 4) is 11.5 Å². The molecule has 0 unspecified atom stereocenters. The summed E-state index contributed by atoms with van der Waals surface area (Å²) >= 11 is 0. The van der Waals surface area contributed by atoms with E-state index in [1.54, 1.807) is 6.07 Å². The van der Waals surface area contributed by atoms with Crippen molar-refractivity contribution >= 4 is 26.8 Å². The number of benzene rings is 2. The van der Waals surface area contributed by atoms with E-state index < -0.39 is 10.0 Å². The molecule has 1 aliphatic rings. The van der Waals surface area contributed by atoms with Crippen LogP contribution < -0.4 is 19.5 Å². The smallest absolute Gasteiger partial charge is 0.240 e. The van der Waals surface area contributed by atoms with Gasteiger partial charge in [0.25, 0.3) is 0 Å². The molecule has 0 fully saturated rings. The Morgan fingerprint density at radius 1 is 1.03 bits per heavy atom. The molecule has 1 amide bonds. The van der Waals surface area contributed by atoms with Gasteiger partial charge < -0.3 is 19.8 Å². The Kier molecular flexibility index (Phi) is 6.43. The number of amides is 1. The number of aromatic amines is 1. The number of nitrogens with one attached hydrogen (secondary N) is 3. The van der Waals surface area contributed by atoms with Crippen molar-refractivity contribution in [1.82, 2.24) is 15.0 Å². The summed E-state index contributed by atoms with van der Waals surface area (Å²) in [5.74, 6) is 0.739. The highest BCUT2D eigenvalue weighted by atomic mass is 32.2. The number of fused-ring (bicyclic) bond motifs is 2. The van der Waals surface area contributed by atoms with E-state index in [0.29, 0.717) is 37.7 Å². The van der Waals surface area contributed by atoms with E-state index in [-0.39, 0.29) is 23.8 Å². The molecule has 2 aromatic carbocycles. The van der Waals surface area contributed by atoms with Gasteiger partial charge in [-0.1, -0.05) is 18.2 Å². The van der Waals surface area contributed by atoms with E-state index in [1.165, 1.54) is 12.1 Å². The first kappa shape index (κ1) is 21.2. The summed E-state index contributed by atoms with van der Waals surface area (Å²) < 4.78 is 38.6. The van der Waals surface area contributed by atoms with Gasteiger partial charge in [0.2, 0.25) is 15.9 Å². The lowest BCUT2D eigenvalue weighted by Crippen LogP contribution is -2.31. The topological polar surface area (TPSA) is 110 Å². The number of carbonyl (C=O) groups is 1. The van der Waals surface area contributed by atoms with Gasteiger partial charge in [-0.2, -0.15) is 0 Å². The van der Waals surface area contributed by atoms with Gasteiger partial charge in [0, 0.05) is 49.1 Å². The van der Waals surface area contributed by atoms with Crippen molar-refractivity contribution in [2.75, 3.05) is 26.3 Å². The second-order valence-electron chi connectivity index (χ2n) is 7.27. The molecule has 0 spiro atoms. The van der Waals surface area contributed by atoms with E-state index in [2.05, 4.69) is 15.0 Å². The summed E-state index contributed by atoms with van der Waals surface area (Å²) in [7, 11) is -3.75. The van der Waals surface area contributed by atoms with Crippen LogP contribution in [0.2, 0.25) is 0 Å². The van der Waals surface area contributed by atoms with E-state index in [0.717, 1.165) is 22.9 Å². The first-order valence-corrected chi connectivity index (χ1v) is 11.7. The van der Waals surface area contributed by atoms with Gasteiger partial charge in [0.15, 0.2) is 11.5 Å². The third kappa shape index (κ3) is 5.18. The fourth-order valence-corrected chi connectivity index (χ4v) is 4.50. The van der Waals surface area contributed by atoms with Crippen molar-refractivity contribution in [2.45, 2.75) is 24.2 Å². The quantitative estimate of drug-likeness (QED) is 0.495. The minimum Gasteiger partial charge on any atom is -0.490 e. The Balaban J connectivity index is 1.24. The zero-order valence-electron chi connectivity index (χ0n) is 17.0. The largest absolute Gasteiger partial charge is 0.490 e. The summed E-state index contributed by atoms with van der Waals surface area (Å²) in [5.41, 5.74) is 2.19. The van der Waals surface area contributed by atoms with Crippen LogP contribution in [0.15, 0.2) is 53.6 Å². The first-order chi connectivity index (χ1) is 15.0. The van der Waals surface area contributed by atoms with Crippen LogP contribution in [-0.4, -0.2) is 45.6 Å². The van der Waals surface area contributed by atoms with Gasteiger partial charge in [-0.05, 0) is 30.2 Å². The number of H-pyrrole nitrogens is 1. The SMILES string of the molecule is O=C(CCNS(=O)(=O)c1ccc2c(c1)OCCCO2)NCCc1c[nH]c2ccccc12. The second kappa shape index (κ2) is 9.40. The zero-order chi connectivity index (χ0) is 21.7. The summed E-state index contributed by atoms with van der Waals surface area (Å²) in [6.07, 6.45) is 3.43. The van der Waals surface area contributed by atoms with Gasteiger partial charge in [0.1, 0.15) is 0 Å². The van der Waals surface area contributed by atoms with Crippen LogP contribution in [0, 0.1) is 0 Å². The van der Waals surface area contributed by atoms with E-state index >= 15 is 0 Å². The maximum Gasteiger partial charge on any atom is 0.240 e. The highest BCUT2D eigenvalue weighted by Crippen LogP contribution is 2.31. The second-order valence-corrected chi connectivity index (χ2v) is 9.03. The summed E-state index contributed by atoms with van der Waals surface area (Å²) in [6.45, 7) is 1.50. The van der Waals surface area contributed by atoms with Crippen molar-refractivity contribution in [3.05, 3.63) is 54.2 Å². The van der Waals surface area contributed by atoms with E-state index in [9.17, 15) is 13.2 Å². The Bertz CT molecular complexity index is 1170. The van der Waals surface area contributed by atoms with Crippen molar-refractivity contribution < 1.29 is 22.7 Å². The fraction of sp³-hybridized carbons (Fsp3) is 0.318. The average Bonchev–Trinajstić information content (AvgIpc) is 3.02. The molecule has 1 aromatic heterocycles. The van der Waals surface area contributed by atoms with Gasteiger partial charge in [-0.15, -0.1) is 0 Å². The summed E-state index contributed by atoms with van der Waals surface area (Å²) in [6, 6.07) is 12.5. The predicted molar refractivity (Wildman–Crippen MR) is 117 cm³/mol. The van der Waals surface area contributed by atoms with E-state index in [1.807, 2.05) is 30.5 Å². The molecule has 0 saturated carbocycles. The van der Waals surface area contributed by atoms with Crippen LogP contribution in [0.25, 0.3) is 10.9 Å². The Morgan fingerprint density at radius 2 is 1.84 bits per heavy atom. The van der Waals surface area contributed by atoms with Gasteiger partial charge >= 0.3 is 0 Å².